The lowest BCUT2D eigenvalue weighted by Crippen LogP contribution is -2.29. The van der Waals surface area contributed by atoms with Gasteiger partial charge < -0.3 is 0 Å². The first-order valence-corrected chi connectivity index (χ1v) is 8.37. The molecule has 3 nitrogen and oxygen atoms in total. The van der Waals surface area contributed by atoms with E-state index >= 15 is 0 Å². The number of hydrogen-bond acceptors (Lipinski definition) is 2. The fourth-order valence-corrected chi connectivity index (χ4v) is 3.39. The van der Waals surface area contributed by atoms with Crippen molar-refractivity contribution in [3.8, 4) is 5.69 Å². The number of nitrogens with zero attached hydrogens (tertiary/aromatic N) is 1. The van der Waals surface area contributed by atoms with Gasteiger partial charge in [0, 0.05) is 10.8 Å². The van der Waals surface area contributed by atoms with E-state index in [0.29, 0.717) is 16.5 Å². The molecule has 0 radical (unpaired) electrons. The second-order valence-electron chi connectivity index (χ2n) is 6.02. The number of aryl methyl sites for hydroxylation is 1. The van der Waals surface area contributed by atoms with Crippen molar-refractivity contribution in [2.75, 3.05) is 0 Å². The Morgan fingerprint density at radius 1 is 0.640 bits per heavy atom. The highest BCUT2D eigenvalue weighted by atomic mass is 16.2. The monoisotopic (exact) mass is 327 g/mol. The molecule has 0 aliphatic heterocycles. The molecule has 0 N–H and O–H groups in total. The molecule has 0 spiro atoms. The number of benzene rings is 3. The molecule has 0 saturated heterocycles. The third-order valence-corrected chi connectivity index (χ3v) is 4.62. The van der Waals surface area contributed by atoms with Crippen LogP contribution in [0.2, 0.25) is 0 Å². The molecule has 1 aromatic heterocycles. The summed E-state index contributed by atoms with van der Waals surface area (Å²) in [6.45, 7) is 2.02. The van der Waals surface area contributed by atoms with Crippen molar-refractivity contribution in [1.29, 1.82) is 0 Å². The summed E-state index contributed by atoms with van der Waals surface area (Å²) >= 11 is 0. The number of fused-ring (bicyclic) bond motifs is 3. The summed E-state index contributed by atoms with van der Waals surface area (Å²) in [6, 6.07) is 22.4. The van der Waals surface area contributed by atoms with Gasteiger partial charge in [-0.05, 0) is 41.0 Å². The first-order valence-electron chi connectivity index (χ1n) is 8.37. The lowest BCUT2D eigenvalue weighted by Gasteiger charge is -2.08. The molecule has 3 heteroatoms. The molecule has 122 valence electrons. The van der Waals surface area contributed by atoms with Crippen LogP contribution in [0.25, 0.3) is 27.2 Å². The Balaban J connectivity index is 2.34. The molecule has 0 saturated carbocycles. The SMILES string of the molecule is CCc1ccccc1-n1c(=O)c2ccccc2c2ccccc2c1=O. The average molecular weight is 327 g/mol. The lowest BCUT2D eigenvalue weighted by molar-refractivity contribution is 0.944. The van der Waals surface area contributed by atoms with E-state index in [1.807, 2.05) is 67.6 Å². The minimum Gasteiger partial charge on any atom is -0.268 e. The molecule has 0 aliphatic rings. The van der Waals surface area contributed by atoms with Crippen molar-refractivity contribution >= 4 is 21.5 Å². The predicted molar refractivity (Wildman–Crippen MR) is 103 cm³/mol. The Bertz CT molecular complexity index is 1150. The molecule has 25 heavy (non-hydrogen) atoms. The normalized spacial score (nSPS) is 11.1. The quantitative estimate of drug-likeness (QED) is 0.557. The Kier molecular flexibility index (Phi) is 3.69. The second kappa shape index (κ2) is 6.02. The zero-order valence-electron chi connectivity index (χ0n) is 13.9. The molecule has 0 bridgehead atoms. The van der Waals surface area contributed by atoms with Gasteiger partial charge in [-0.1, -0.05) is 61.5 Å². The summed E-state index contributed by atoms with van der Waals surface area (Å²) in [5.74, 6) is 0. The minimum absolute atomic E-state index is 0.280. The average Bonchev–Trinajstić information content (AvgIpc) is 2.76. The van der Waals surface area contributed by atoms with Crippen LogP contribution in [0.3, 0.4) is 0 Å². The van der Waals surface area contributed by atoms with Crippen molar-refractivity contribution < 1.29 is 0 Å². The highest BCUT2D eigenvalue weighted by Crippen LogP contribution is 2.20. The molecule has 0 fully saturated rings. The van der Waals surface area contributed by atoms with Gasteiger partial charge in [0.15, 0.2) is 0 Å². The van der Waals surface area contributed by atoms with Gasteiger partial charge in [-0.25, -0.2) is 4.57 Å². The predicted octanol–water partition coefficient (Wildman–Crippen LogP) is 4.07. The molecule has 3 aromatic carbocycles. The summed E-state index contributed by atoms with van der Waals surface area (Å²) in [5, 5.41) is 2.69. The highest BCUT2D eigenvalue weighted by molar-refractivity contribution is 6.05. The van der Waals surface area contributed by atoms with Gasteiger partial charge in [0.05, 0.1) is 5.69 Å². The zero-order chi connectivity index (χ0) is 17.4. The van der Waals surface area contributed by atoms with Gasteiger partial charge in [-0.2, -0.15) is 0 Å². The standard InChI is InChI=1S/C22H17NO2/c1-2-15-9-3-8-14-20(15)23-21(24)18-12-6-4-10-16(18)17-11-5-7-13-19(17)22(23)25/h3-14H,2H2,1H3. The third kappa shape index (κ3) is 2.36. The van der Waals surface area contributed by atoms with Crippen LogP contribution in [0.4, 0.5) is 0 Å². The second-order valence-corrected chi connectivity index (χ2v) is 6.02. The van der Waals surface area contributed by atoms with Crippen LogP contribution in [-0.2, 0) is 6.42 Å². The highest BCUT2D eigenvalue weighted by Gasteiger charge is 2.13. The topological polar surface area (TPSA) is 39.1 Å². The number of hydrogen-bond donors (Lipinski definition) is 0. The molecular formula is C22H17NO2. The first kappa shape index (κ1) is 15.3. The Hall–Kier alpha value is -3.20. The van der Waals surface area contributed by atoms with E-state index in [1.54, 1.807) is 12.1 Å². The van der Waals surface area contributed by atoms with Crippen molar-refractivity contribution in [2.45, 2.75) is 13.3 Å². The van der Waals surface area contributed by atoms with E-state index in [0.717, 1.165) is 22.8 Å². The summed E-state index contributed by atoms with van der Waals surface area (Å²) in [6.07, 6.45) is 0.747. The molecule has 0 unspecified atom stereocenters. The van der Waals surface area contributed by atoms with Crippen LogP contribution in [0, 0.1) is 0 Å². The molecule has 1 heterocycles. The van der Waals surface area contributed by atoms with Crippen LogP contribution >= 0.6 is 0 Å². The number of rotatable bonds is 2. The van der Waals surface area contributed by atoms with E-state index in [-0.39, 0.29) is 11.1 Å². The Morgan fingerprint density at radius 2 is 1.08 bits per heavy atom. The smallest absolute Gasteiger partial charge is 0.265 e. The van der Waals surface area contributed by atoms with E-state index < -0.39 is 0 Å². The number of aromatic nitrogens is 1. The fourth-order valence-electron chi connectivity index (χ4n) is 3.39. The Morgan fingerprint density at radius 3 is 1.60 bits per heavy atom. The third-order valence-electron chi connectivity index (χ3n) is 4.62. The largest absolute Gasteiger partial charge is 0.268 e. The summed E-state index contributed by atoms with van der Waals surface area (Å²) in [4.78, 5) is 26.6. The van der Waals surface area contributed by atoms with Gasteiger partial charge in [-0.3, -0.25) is 9.59 Å². The van der Waals surface area contributed by atoms with E-state index in [2.05, 4.69) is 0 Å². The maximum Gasteiger partial charge on any atom is 0.265 e. The van der Waals surface area contributed by atoms with Crippen LogP contribution in [0.1, 0.15) is 12.5 Å². The van der Waals surface area contributed by atoms with E-state index in [1.165, 1.54) is 4.57 Å². The molecule has 0 aliphatic carbocycles. The van der Waals surface area contributed by atoms with Crippen molar-refractivity contribution in [2.24, 2.45) is 0 Å². The lowest BCUT2D eigenvalue weighted by atomic mass is 10.1. The first-order chi connectivity index (χ1) is 12.2. The minimum atomic E-state index is -0.280. The zero-order valence-corrected chi connectivity index (χ0v) is 13.9. The van der Waals surface area contributed by atoms with Crippen molar-refractivity contribution in [3.63, 3.8) is 0 Å². The van der Waals surface area contributed by atoms with Crippen LogP contribution < -0.4 is 11.1 Å². The number of para-hydroxylation sites is 1. The molecule has 0 atom stereocenters. The summed E-state index contributed by atoms with van der Waals surface area (Å²) in [5.41, 5.74) is 1.07. The summed E-state index contributed by atoms with van der Waals surface area (Å²) < 4.78 is 1.32. The molecule has 4 rings (SSSR count). The van der Waals surface area contributed by atoms with Crippen LogP contribution in [-0.4, -0.2) is 4.57 Å². The fraction of sp³-hybridized carbons (Fsp3) is 0.0909. The van der Waals surface area contributed by atoms with Gasteiger partial charge in [0.2, 0.25) is 0 Å². The van der Waals surface area contributed by atoms with Gasteiger partial charge >= 0.3 is 0 Å². The molecule has 4 aromatic rings. The molecular weight excluding hydrogens is 310 g/mol. The maximum atomic E-state index is 13.3. The van der Waals surface area contributed by atoms with Gasteiger partial charge in [0.1, 0.15) is 0 Å². The van der Waals surface area contributed by atoms with E-state index in [4.69, 9.17) is 0 Å². The Labute approximate surface area is 144 Å². The molecule has 0 amide bonds. The van der Waals surface area contributed by atoms with Crippen LogP contribution in [0.5, 0.6) is 0 Å². The van der Waals surface area contributed by atoms with E-state index in [9.17, 15) is 9.59 Å². The van der Waals surface area contributed by atoms with Crippen molar-refractivity contribution in [3.05, 3.63) is 99.1 Å². The van der Waals surface area contributed by atoms with Crippen LogP contribution in [0.15, 0.2) is 82.4 Å². The maximum absolute atomic E-state index is 13.3. The van der Waals surface area contributed by atoms with Gasteiger partial charge in [0.25, 0.3) is 11.1 Å². The van der Waals surface area contributed by atoms with Crippen molar-refractivity contribution in [1.82, 2.24) is 4.57 Å². The van der Waals surface area contributed by atoms with Gasteiger partial charge in [-0.15, -0.1) is 0 Å². The summed E-state index contributed by atoms with van der Waals surface area (Å²) in [7, 11) is 0.